The van der Waals surface area contributed by atoms with Crippen LogP contribution in [-0.4, -0.2) is 13.2 Å². The predicted octanol–water partition coefficient (Wildman–Crippen LogP) is 5.47. The van der Waals surface area contributed by atoms with Crippen LogP contribution in [0.3, 0.4) is 0 Å². The molecule has 0 aromatic carbocycles. The summed E-state index contributed by atoms with van der Waals surface area (Å²) in [6.45, 7) is 8.28. The SMILES string of the molecule is CCCCCCO[C](CCC)OCCCCCC. The summed E-state index contributed by atoms with van der Waals surface area (Å²) in [5, 5.41) is 0. The Morgan fingerprint density at radius 3 is 1.50 bits per heavy atom. The van der Waals surface area contributed by atoms with Gasteiger partial charge in [-0.3, -0.25) is 0 Å². The zero-order valence-electron chi connectivity index (χ0n) is 12.8. The topological polar surface area (TPSA) is 18.5 Å². The van der Waals surface area contributed by atoms with E-state index in [-0.39, 0.29) is 0 Å². The van der Waals surface area contributed by atoms with Crippen LogP contribution in [0.25, 0.3) is 0 Å². The molecule has 0 aliphatic rings. The molecule has 109 valence electrons. The van der Waals surface area contributed by atoms with E-state index in [1.165, 1.54) is 38.5 Å². The van der Waals surface area contributed by atoms with Crippen molar-refractivity contribution in [1.82, 2.24) is 0 Å². The molecule has 0 N–H and O–H groups in total. The van der Waals surface area contributed by atoms with Crippen LogP contribution < -0.4 is 0 Å². The Kier molecular flexibility index (Phi) is 14.9. The van der Waals surface area contributed by atoms with Crippen LogP contribution >= 0.6 is 0 Å². The Morgan fingerprint density at radius 1 is 0.611 bits per heavy atom. The van der Waals surface area contributed by atoms with E-state index in [1.54, 1.807) is 0 Å². The van der Waals surface area contributed by atoms with Gasteiger partial charge in [-0.2, -0.15) is 0 Å². The minimum atomic E-state index is 0.824. The highest BCUT2D eigenvalue weighted by Gasteiger charge is 2.09. The lowest BCUT2D eigenvalue weighted by molar-refractivity contribution is -0.0531. The summed E-state index contributed by atoms with van der Waals surface area (Å²) < 4.78 is 11.5. The van der Waals surface area contributed by atoms with Gasteiger partial charge in [-0.1, -0.05) is 65.7 Å². The van der Waals surface area contributed by atoms with Crippen molar-refractivity contribution in [3.8, 4) is 0 Å². The smallest absolute Gasteiger partial charge is 0.223 e. The molecule has 2 nitrogen and oxygen atoms in total. The fraction of sp³-hybridized carbons (Fsp3) is 0.938. The fourth-order valence-corrected chi connectivity index (χ4v) is 1.82. The second-order valence-electron chi connectivity index (χ2n) is 4.94. The highest BCUT2D eigenvalue weighted by atomic mass is 16.7. The van der Waals surface area contributed by atoms with Crippen molar-refractivity contribution in [3.05, 3.63) is 6.29 Å². The normalized spacial score (nSPS) is 11.3. The van der Waals surface area contributed by atoms with Crippen LogP contribution in [0.4, 0.5) is 0 Å². The molecule has 1 radical (unpaired) electrons. The maximum Gasteiger partial charge on any atom is 0.223 e. The Hall–Kier alpha value is -0.0800. The zero-order chi connectivity index (χ0) is 13.5. The first-order chi connectivity index (χ1) is 8.85. The van der Waals surface area contributed by atoms with Crippen molar-refractivity contribution in [2.45, 2.75) is 85.0 Å². The average Bonchev–Trinajstić information content (AvgIpc) is 2.38. The lowest BCUT2D eigenvalue weighted by atomic mass is 10.2. The third-order valence-electron chi connectivity index (χ3n) is 2.98. The minimum absolute atomic E-state index is 0.824. The van der Waals surface area contributed by atoms with Gasteiger partial charge in [0.1, 0.15) is 0 Å². The summed E-state index contributed by atoms with van der Waals surface area (Å²) in [7, 11) is 0. The van der Waals surface area contributed by atoms with Gasteiger partial charge in [0.15, 0.2) is 0 Å². The molecular formula is C16H33O2. The highest BCUT2D eigenvalue weighted by Crippen LogP contribution is 2.15. The van der Waals surface area contributed by atoms with E-state index < -0.39 is 0 Å². The maximum atomic E-state index is 5.73. The third kappa shape index (κ3) is 12.4. The molecule has 2 heteroatoms. The number of ether oxygens (including phenoxy) is 2. The first kappa shape index (κ1) is 17.9. The van der Waals surface area contributed by atoms with Crippen molar-refractivity contribution in [2.75, 3.05) is 13.2 Å². The van der Waals surface area contributed by atoms with E-state index in [0.717, 1.165) is 45.2 Å². The van der Waals surface area contributed by atoms with Gasteiger partial charge in [-0.05, 0) is 12.8 Å². The molecule has 18 heavy (non-hydrogen) atoms. The zero-order valence-corrected chi connectivity index (χ0v) is 12.8. The molecule has 0 spiro atoms. The van der Waals surface area contributed by atoms with Crippen LogP contribution in [0.15, 0.2) is 0 Å². The van der Waals surface area contributed by atoms with Crippen molar-refractivity contribution in [3.63, 3.8) is 0 Å². The van der Waals surface area contributed by atoms with Gasteiger partial charge >= 0.3 is 0 Å². The van der Waals surface area contributed by atoms with Crippen molar-refractivity contribution in [1.29, 1.82) is 0 Å². The lowest BCUT2D eigenvalue weighted by Gasteiger charge is -2.16. The summed E-state index contributed by atoms with van der Waals surface area (Å²) in [6, 6.07) is 0. The second-order valence-corrected chi connectivity index (χ2v) is 4.94. The van der Waals surface area contributed by atoms with E-state index in [2.05, 4.69) is 20.8 Å². The predicted molar refractivity (Wildman–Crippen MR) is 78.3 cm³/mol. The van der Waals surface area contributed by atoms with Gasteiger partial charge in [0.2, 0.25) is 6.29 Å². The summed E-state index contributed by atoms with van der Waals surface area (Å²) in [6.07, 6.45) is 12.9. The highest BCUT2D eigenvalue weighted by molar-refractivity contribution is 4.64. The second kappa shape index (κ2) is 15.0. The molecule has 0 fully saturated rings. The van der Waals surface area contributed by atoms with Crippen LogP contribution in [0, 0.1) is 6.29 Å². The molecule has 0 atom stereocenters. The minimum Gasteiger partial charge on any atom is -0.345 e. The summed E-state index contributed by atoms with van der Waals surface area (Å²) >= 11 is 0. The molecule has 0 bridgehead atoms. The molecule has 0 rings (SSSR count). The maximum absolute atomic E-state index is 5.73. The molecule has 0 saturated heterocycles. The average molecular weight is 257 g/mol. The van der Waals surface area contributed by atoms with E-state index in [4.69, 9.17) is 9.47 Å². The monoisotopic (exact) mass is 257 g/mol. The largest absolute Gasteiger partial charge is 0.345 e. The van der Waals surface area contributed by atoms with Crippen LogP contribution in [0.5, 0.6) is 0 Å². The van der Waals surface area contributed by atoms with Gasteiger partial charge in [0.25, 0.3) is 0 Å². The Labute approximate surface area is 114 Å². The molecule has 0 aliphatic carbocycles. The molecule has 0 aromatic heterocycles. The first-order valence-electron chi connectivity index (χ1n) is 7.96. The number of hydrogen-bond donors (Lipinski definition) is 0. The third-order valence-corrected chi connectivity index (χ3v) is 2.98. The Balaban J connectivity index is 3.45. The van der Waals surface area contributed by atoms with E-state index in [9.17, 15) is 0 Å². The molecule has 0 saturated carbocycles. The van der Waals surface area contributed by atoms with Gasteiger partial charge in [0, 0.05) is 6.42 Å². The van der Waals surface area contributed by atoms with Crippen LogP contribution in [0.1, 0.15) is 85.0 Å². The molecule has 0 aliphatic heterocycles. The molecule has 0 amide bonds. The Bertz CT molecular complexity index is 134. The van der Waals surface area contributed by atoms with Gasteiger partial charge in [-0.15, -0.1) is 0 Å². The van der Waals surface area contributed by atoms with Crippen LogP contribution in [-0.2, 0) is 9.47 Å². The van der Waals surface area contributed by atoms with Crippen LogP contribution in [0.2, 0.25) is 0 Å². The Morgan fingerprint density at radius 2 is 1.11 bits per heavy atom. The van der Waals surface area contributed by atoms with Gasteiger partial charge in [-0.25, -0.2) is 0 Å². The molecule has 0 unspecified atom stereocenters. The van der Waals surface area contributed by atoms with E-state index >= 15 is 0 Å². The number of hydrogen-bond acceptors (Lipinski definition) is 2. The standard InChI is InChI=1S/C16H33O2/c1-4-7-9-11-14-17-16(13-6-3)18-15-12-10-8-5-2/h4-15H2,1-3H3. The summed E-state index contributed by atoms with van der Waals surface area (Å²) in [4.78, 5) is 0. The van der Waals surface area contributed by atoms with Gasteiger partial charge in [0.05, 0.1) is 13.2 Å². The number of rotatable bonds is 14. The lowest BCUT2D eigenvalue weighted by Crippen LogP contribution is -2.10. The van der Waals surface area contributed by atoms with Gasteiger partial charge < -0.3 is 9.47 Å². The van der Waals surface area contributed by atoms with E-state index in [0.29, 0.717) is 0 Å². The number of unbranched alkanes of at least 4 members (excludes halogenated alkanes) is 6. The van der Waals surface area contributed by atoms with Crippen molar-refractivity contribution in [2.24, 2.45) is 0 Å². The molecule has 0 aromatic rings. The first-order valence-corrected chi connectivity index (χ1v) is 7.96. The quantitative estimate of drug-likeness (QED) is 0.384. The summed E-state index contributed by atoms with van der Waals surface area (Å²) in [5.41, 5.74) is 0. The fourth-order valence-electron chi connectivity index (χ4n) is 1.82. The van der Waals surface area contributed by atoms with Crippen molar-refractivity contribution < 1.29 is 9.47 Å². The molecular weight excluding hydrogens is 224 g/mol. The van der Waals surface area contributed by atoms with Crippen molar-refractivity contribution >= 4 is 0 Å². The van der Waals surface area contributed by atoms with E-state index in [1.807, 2.05) is 0 Å². The summed E-state index contributed by atoms with van der Waals surface area (Å²) in [5.74, 6) is 0. The molecule has 0 heterocycles.